The van der Waals surface area contributed by atoms with Crippen LogP contribution in [-0.4, -0.2) is 13.3 Å². The van der Waals surface area contributed by atoms with E-state index in [0.29, 0.717) is 24.1 Å². The number of hydrogen-bond donors (Lipinski definition) is 0. The first kappa shape index (κ1) is 23.0. The predicted octanol–water partition coefficient (Wildman–Crippen LogP) is 6.02. The van der Waals surface area contributed by atoms with E-state index < -0.39 is 47.5 Å². The largest absolute Gasteiger partial charge is 0.449 e. The molecule has 2 aromatic rings. The molecule has 0 aliphatic carbocycles. The smallest absolute Gasteiger partial charge is 0.416 e. The van der Waals surface area contributed by atoms with Gasteiger partial charge >= 0.3 is 11.9 Å². The second kappa shape index (κ2) is 7.83. The SMILES string of the molecule is CCC(C)(C)c1ccc(S(=O)(=O)Cl)c(Oc2ccc(C(F)(F)F)cc2[N+](=O)[O-])c1. The molecule has 29 heavy (non-hydrogen) atoms. The molecule has 0 aromatic heterocycles. The summed E-state index contributed by atoms with van der Waals surface area (Å²) in [5, 5.41) is 11.3. The third kappa shape index (κ3) is 5.18. The van der Waals surface area contributed by atoms with Gasteiger partial charge in [0.15, 0.2) is 0 Å². The fourth-order valence-corrected chi connectivity index (χ4v) is 3.41. The van der Waals surface area contributed by atoms with E-state index >= 15 is 0 Å². The van der Waals surface area contributed by atoms with Gasteiger partial charge in [0.05, 0.1) is 10.5 Å². The zero-order valence-corrected chi connectivity index (χ0v) is 17.2. The average Bonchev–Trinajstić information content (AvgIpc) is 2.59. The number of nitrogens with zero attached hydrogens (tertiary/aromatic N) is 1. The molecule has 0 heterocycles. The van der Waals surface area contributed by atoms with Gasteiger partial charge in [0.25, 0.3) is 9.05 Å². The molecule has 0 saturated heterocycles. The molecule has 0 unspecified atom stereocenters. The summed E-state index contributed by atoms with van der Waals surface area (Å²) in [4.78, 5) is 9.76. The van der Waals surface area contributed by atoms with Gasteiger partial charge in [0.1, 0.15) is 10.6 Å². The van der Waals surface area contributed by atoms with Crippen molar-refractivity contribution >= 4 is 25.4 Å². The van der Waals surface area contributed by atoms with E-state index in [9.17, 15) is 31.7 Å². The lowest BCUT2D eigenvalue weighted by molar-refractivity contribution is -0.385. The van der Waals surface area contributed by atoms with E-state index in [1.165, 1.54) is 18.2 Å². The summed E-state index contributed by atoms with van der Waals surface area (Å²) in [6.45, 7) is 5.69. The van der Waals surface area contributed by atoms with Crippen LogP contribution < -0.4 is 4.74 Å². The molecular formula is C18H17ClF3NO5S. The van der Waals surface area contributed by atoms with Crippen molar-refractivity contribution in [3.8, 4) is 11.5 Å². The number of hydrogen-bond acceptors (Lipinski definition) is 5. The Morgan fingerprint density at radius 2 is 1.66 bits per heavy atom. The monoisotopic (exact) mass is 451 g/mol. The van der Waals surface area contributed by atoms with Gasteiger partial charge in [-0.15, -0.1) is 0 Å². The number of benzene rings is 2. The van der Waals surface area contributed by atoms with E-state index in [4.69, 9.17) is 15.4 Å². The summed E-state index contributed by atoms with van der Waals surface area (Å²) in [6, 6.07) is 5.79. The Labute approximate surface area is 169 Å². The highest BCUT2D eigenvalue weighted by Crippen LogP contribution is 2.41. The summed E-state index contributed by atoms with van der Waals surface area (Å²) in [5.74, 6) is -0.863. The number of rotatable bonds is 6. The second-order valence-corrected chi connectivity index (χ2v) is 9.41. The molecule has 0 amide bonds. The standard InChI is InChI=1S/C18H17ClF3NO5S/c1-4-17(2,3)11-6-8-16(29(19,26)27)15(10-11)28-14-7-5-12(18(20,21)22)9-13(14)23(24)25/h5-10H,4H2,1-3H3. The van der Waals surface area contributed by atoms with Gasteiger partial charge in [-0.3, -0.25) is 10.1 Å². The van der Waals surface area contributed by atoms with Gasteiger partial charge in [-0.05, 0) is 41.7 Å². The molecule has 0 radical (unpaired) electrons. The lowest BCUT2D eigenvalue weighted by Gasteiger charge is -2.24. The maximum atomic E-state index is 12.9. The van der Waals surface area contributed by atoms with Gasteiger partial charge in [0, 0.05) is 16.7 Å². The fraction of sp³-hybridized carbons (Fsp3) is 0.333. The Bertz CT molecular complexity index is 1050. The number of halogens is 4. The molecule has 11 heteroatoms. The Kier molecular flexibility index (Phi) is 6.20. The van der Waals surface area contributed by atoms with Crippen LogP contribution >= 0.6 is 10.7 Å². The molecule has 2 rings (SSSR count). The van der Waals surface area contributed by atoms with Crippen molar-refractivity contribution in [3.05, 3.63) is 57.6 Å². The highest BCUT2D eigenvalue weighted by molar-refractivity contribution is 8.13. The summed E-state index contributed by atoms with van der Waals surface area (Å²) < 4.78 is 67.8. The van der Waals surface area contributed by atoms with Crippen molar-refractivity contribution < 1.29 is 31.2 Å². The van der Waals surface area contributed by atoms with Crippen LogP contribution in [0.3, 0.4) is 0 Å². The Morgan fingerprint density at radius 1 is 1.07 bits per heavy atom. The molecule has 0 saturated carbocycles. The number of ether oxygens (including phenoxy) is 1. The second-order valence-electron chi connectivity index (χ2n) is 6.88. The van der Waals surface area contributed by atoms with E-state index in [1.54, 1.807) is 0 Å². The van der Waals surface area contributed by atoms with E-state index in [2.05, 4.69) is 0 Å². The third-order valence-corrected chi connectivity index (χ3v) is 5.94. The topological polar surface area (TPSA) is 86.5 Å². The lowest BCUT2D eigenvalue weighted by atomic mass is 9.82. The Balaban J connectivity index is 2.66. The minimum atomic E-state index is -4.79. The predicted molar refractivity (Wildman–Crippen MR) is 101 cm³/mol. The quantitative estimate of drug-likeness (QED) is 0.304. The molecule has 2 aromatic carbocycles. The van der Waals surface area contributed by atoms with Crippen LogP contribution in [-0.2, 0) is 20.6 Å². The van der Waals surface area contributed by atoms with Gasteiger partial charge in [-0.25, -0.2) is 8.42 Å². The minimum absolute atomic E-state index is 0.318. The number of nitro groups is 1. The summed E-state index contributed by atoms with van der Waals surface area (Å²) in [6.07, 6.45) is -4.11. The third-order valence-electron chi connectivity index (χ3n) is 4.57. The maximum Gasteiger partial charge on any atom is 0.416 e. The van der Waals surface area contributed by atoms with Crippen LogP contribution in [0.1, 0.15) is 38.3 Å². The van der Waals surface area contributed by atoms with Crippen LogP contribution in [0.15, 0.2) is 41.3 Å². The molecule has 0 bridgehead atoms. The molecule has 158 valence electrons. The van der Waals surface area contributed by atoms with Crippen molar-refractivity contribution in [2.45, 2.75) is 43.7 Å². The first-order valence-electron chi connectivity index (χ1n) is 8.29. The van der Waals surface area contributed by atoms with Crippen molar-refractivity contribution in [3.63, 3.8) is 0 Å². The summed E-state index contributed by atoms with van der Waals surface area (Å²) in [5.41, 5.74) is -1.92. The fourth-order valence-electron chi connectivity index (χ4n) is 2.46. The number of nitro benzene ring substituents is 1. The van der Waals surface area contributed by atoms with Gasteiger partial charge in [-0.1, -0.05) is 26.8 Å². The summed E-state index contributed by atoms with van der Waals surface area (Å²) >= 11 is 0. The molecule has 6 nitrogen and oxygen atoms in total. The normalized spacial score (nSPS) is 12.7. The van der Waals surface area contributed by atoms with Gasteiger partial charge in [-0.2, -0.15) is 13.2 Å². The zero-order chi connectivity index (χ0) is 22.2. The van der Waals surface area contributed by atoms with E-state index in [-0.39, 0.29) is 5.75 Å². The summed E-state index contributed by atoms with van der Waals surface area (Å²) in [7, 11) is 1.14. The Hall–Kier alpha value is -2.33. The molecule has 0 N–H and O–H groups in total. The van der Waals surface area contributed by atoms with Crippen molar-refractivity contribution in [1.82, 2.24) is 0 Å². The van der Waals surface area contributed by atoms with Crippen molar-refractivity contribution in [2.24, 2.45) is 0 Å². The van der Waals surface area contributed by atoms with Gasteiger partial charge < -0.3 is 4.74 Å². The Morgan fingerprint density at radius 3 is 2.14 bits per heavy atom. The molecule has 0 atom stereocenters. The molecular weight excluding hydrogens is 435 g/mol. The zero-order valence-electron chi connectivity index (χ0n) is 15.6. The van der Waals surface area contributed by atoms with Crippen LogP contribution in [0.2, 0.25) is 0 Å². The van der Waals surface area contributed by atoms with Crippen molar-refractivity contribution in [2.75, 3.05) is 0 Å². The highest BCUT2D eigenvalue weighted by atomic mass is 35.7. The molecule has 0 aliphatic heterocycles. The molecule has 0 spiro atoms. The number of alkyl halides is 3. The first-order chi connectivity index (χ1) is 13.2. The van der Waals surface area contributed by atoms with Gasteiger partial charge in [0.2, 0.25) is 5.75 Å². The van der Waals surface area contributed by atoms with E-state index in [0.717, 1.165) is 6.07 Å². The maximum absolute atomic E-state index is 12.9. The first-order valence-corrected chi connectivity index (χ1v) is 10.6. The van der Waals surface area contributed by atoms with Crippen LogP contribution in [0.5, 0.6) is 11.5 Å². The lowest BCUT2D eigenvalue weighted by Crippen LogP contribution is -2.15. The minimum Gasteiger partial charge on any atom is -0.449 e. The van der Waals surface area contributed by atoms with E-state index in [1.807, 2.05) is 20.8 Å². The highest BCUT2D eigenvalue weighted by Gasteiger charge is 2.34. The van der Waals surface area contributed by atoms with Crippen LogP contribution in [0.4, 0.5) is 18.9 Å². The molecule has 0 aliphatic rings. The van der Waals surface area contributed by atoms with Crippen molar-refractivity contribution in [1.29, 1.82) is 0 Å². The van der Waals surface area contributed by atoms with Crippen LogP contribution in [0, 0.1) is 10.1 Å². The average molecular weight is 452 g/mol. The van der Waals surface area contributed by atoms with Crippen LogP contribution in [0.25, 0.3) is 0 Å². The molecule has 0 fully saturated rings.